The second-order valence-corrected chi connectivity index (χ2v) is 4.47. The molecule has 0 spiro atoms. The van der Waals surface area contributed by atoms with Crippen molar-refractivity contribution in [1.82, 2.24) is 5.32 Å². The fraction of sp³-hybridized carbons (Fsp3) is 0.333. The number of carboxylic acids is 1. The van der Waals surface area contributed by atoms with Gasteiger partial charge in [0.15, 0.2) is 0 Å². The number of likely N-dealkylation sites (N-methyl/N-ethyl adjacent to an activating group) is 1. The predicted molar refractivity (Wildman–Crippen MR) is 79.7 cm³/mol. The number of amides is 1. The third-order valence-corrected chi connectivity index (χ3v) is 2.71. The zero-order valence-electron chi connectivity index (χ0n) is 11.8. The average molecular weight is 276 g/mol. The third-order valence-electron chi connectivity index (χ3n) is 2.71. The van der Waals surface area contributed by atoms with Crippen LogP contribution in [0, 0.1) is 0 Å². The molecule has 0 saturated heterocycles. The van der Waals surface area contributed by atoms with E-state index in [1.165, 1.54) is 6.08 Å². The molecule has 108 valence electrons. The summed E-state index contributed by atoms with van der Waals surface area (Å²) < 4.78 is 0. The van der Waals surface area contributed by atoms with Crippen LogP contribution in [0.4, 0.5) is 5.69 Å². The number of nitrogens with zero attached hydrogens (tertiary/aromatic N) is 1. The Kier molecular flexibility index (Phi) is 6.29. The van der Waals surface area contributed by atoms with Crippen molar-refractivity contribution in [1.29, 1.82) is 0 Å². The van der Waals surface area contributed by atoms with Crippen molar-refractivity contribution < 1.29 is 14.7 Å². The maximum absolute atomic E-state index is 11.6. The highest BCUT2D eigenvalue weighted by atomic mass is 16.4. The van der Waals surface area contributed by atoms with Crippen LogP contribution >= 0.6 is 0 Å². The molecule has 1 rings (SSSR count). The largest absolute Gasteiger partial charge is 0.478 e. The first-order valence-electron chi connectivity index (χ1n) is 6.52. The number of nitrogens with one attached hydrogen (secondary N) is 1. The summed E-state index contributed by atoms with van der Waals surface area (Å²) in [6, 6.07) is 7.34. The zero-order chi connectivity index (χ0) is 15.0. The molecular formula is C15H20N2O3. The molecule has 0 saturated carbocycles. The summed E-state index contributed by atoms with van der Waals surface area (Å²) in [6.45, 7) is 2.99. The van der Waals surface area contributed by atoms with Gasteiger partial charge in [-0.3, -0.25) is 4.79 Å². The molecule has 0 aliphatic carbocycles. The van der Waals surface area contributed by atoms with Crippen molar-refractivity contribution in [2.45, 2.75) is 13.3 Å². The fourth-order valence-corrected chi connectivity index (χ4v) is 1.63. The highest BCUT2D eigenvalue weighted by molar-refractivity contribution is 5.85. The van der Waals surface area contributed by atoms with Gasteiger partial charge in [-0.05, 0) is 30.2 Å². The smallest absolute Gasteiger partial charge is 0.328 e. The highest BCUT2D eigenvalue weighted by Gasteiger charge is 2.06. The number of carbonyl (C=O) groups excluding carboxylic acids is 1. The minimum atomic E-state index is -0.973. The van der Waals surface area contributed by atoms with Crippen molar-refractivity contribution in [3.63, 3.8) is 0 Å². The molecule has 0 aliphatic rings. The normalized spacial score (nSPS) is 10.5. The molecule has 0 aliphatic heterocycles. The van der Waals surface area contributed by atoms with E-state index in [1.54, 1.807) is 0 Å². The van der Waals surface area contributed by atoms with Crippen molar-refractivity contribution in [2.24, 2.45) is 0 Å². The average Bonchev–Trinajstić information content (AvgIpc) is 2.43. The van der Waals surface area contributed by atoms with Crippen molar-refractivity contribution >= 4 is 23.6 Å². The van der Waals surface area contributed by atoms with Gasteiger partial charge in [0.25, 0.3) is 0 Å². The van der Waals surface area contributed by atoms with Gasteiger partial charge in [-0.1, -0.05) is 19.1 Å². The Balaban J connectivity index is 2.59. The van der Waals surface area contributed by atoms with Crippen LogP contribution < -0.4 is 10.2 Å². The van der Waals surface area contributed by atoms with Crippen molar-refractivity contribution in [2.75, 3.05) is 25.0 Å². The Morgan fingerprint density at radius 2 is 1.95 bits per heavy atom. The number of hydrogen-bond acceptors (Lipinski definition) is 3. The molecule has 0 heterocycles. The third kappa shape index (κ3) is 5.56. The van der Waals surface area contributed by atoms with Crippen LogP contribution in [0.5, 0.6) is 0 Å². The first-order valence-corrected chi connectivity index (χ1v) is 6.52. The van der Waals surface area contributed by atoms with Crippen LogP contribution in [0.1, 0.15) is 18.9 Å². The van der Waals surface area contributed by atoms with Gasteiger partial charge in [0.05, 0.1) is 6.54 Å². The molecule has 0 bridgehead atoms. The van der Waals surface area contributed by atoms with Gasteiger partial charge in [-0.15, -0.1) is 0 Å². The SMILES string of the molecule is CCCNC(=O)CN(C)c1ccc(C=CC(=O)O)cc1. The van der Waals surface area contributed by atoms with Gasteiger partial charge >= 0.3 is 5.97 Å². The molecule has 0 fully saturated rings. The van der Waals surface area contributed by atoms with Gasteiger partial charge in [-0.2, -0.15) is 0 Å². The molecular weight excluding hydrogens is 256 g/mol. The lowest BCUT2D eigenvalue weighted by Gasteiger charge is -2.18. The Hall–Kier alpha value is -2.30. The van der Waals surface area contributed by atoms with Crippen molar-refractivity contribution in [3.8, 4) is 0 Å². The summed E-state index contributed by atoms with van der Waals surface area (Å²) in [5.74, 6) is -0.983. The lowest BCUT2D eigenvalue weighted by Crippen LogP contribution is -2.35. The number of carboxylic acid groups (broad SMARTS) is 1. The van der Waals surface area contributed by atoms with E-state index in [9.17, 15) is 9.59 Å². The first kappa shape index (κ1) is 15.8. The molecule has 5 heteroatoms. The van der Waals surface area contributed by atoms with Crippen LogP contribution in [-0.4, -0.2) is 37.1 Å². The Bertz CT molecular complexity index is 480. The Morgan fingerprint density at radius 1 is 1.30 bits per heavy atom. The molecule has 0 radical (unpaired) electrons. The summed E-state index contributed by atoms with van der Waals surface area (Å²) in [4.78, 5) is 23.9. The quantitative estimate of drug-likeness (QED) is 0.744. The summed E-state index contributed by atoms with van der Waals surface area (Å²) in [5.41, 5.74) is 1.71. The van der Waals surface area contributed by atoms with Crippen LogP contribution in [0.15, 0.2) is 30.3 Å². The molecule has 0 atom stereocenters. The van der Waals surface area contributed by atoms with E-state index in [2.05, 4.69) is 5.32 Å². The predicted octanol–water partition coefficient (Wildman–Crippen LogP) is 1.75. The molecule has 2 N–H and O–H groups in total. The summed E-state index contributed by atoms with van der Waals surface area (Å²) >= 11 is 0. The topological polar surface area (TPSA) is 69.6 Å². The van der Waals surface area contributed by atoms with E-state index in [0.717, 1.165) is 23.7 Å². The molecule has 5 nitrogen and oxygen atoms in total. The van der Waals surface area contributed by atoms with Crippen LogP contribution in [0.2, 0.25) is 0 Å². The number of aliphatic carboxylic acids is 1. The molecule has 1 aromatic carbocycles. The lowest BCUT2D eigenvalue weighted by atomic mass is 10.2. The molecule has 1 amide bonds. The second kappa shape index (κ2) is 7.99. The molecule has 0 aromatic heterocycles. The maximum Gasteiger partial charge on any atom is 0.328 e. The highest BCUT2D eigenvalue weighted by Crippen LogP contribution is 2.14. The number of benzene rings is 1. The minimum absolute atomic E-state index is 0.0100. The van der Waals surface area contributed by atoms with E-state index in [0.29, 0.717) is 13.1 Å². The number of carbonyl (C=O) groups is 2. The van der Waals surface area contributed by atoms with Crippen LogP contribution in [0.25, 0.3) is 6.08 Å². The van der Waals surface area contributed by atoms with Crippen LogP contribution in [-0.2, 0) is 9.59 Å². The van der Waals surface area contributed by atoms with Gasteiger partial charge in [-0.25, -0.2) is 4.79 Å². The number of rotatable bonds is 7. The molecule has 20 heavy (non-hydrogen) atoms. The standard InChI is InChI=1S/C15H20N2O3/c1-3-10-16-14(18)11-17(2)13-7-4-12(5-8-13)6-9-15(19)20/h4-9H,3,10-11H2,1-2H3,(H,16,18)(H,19,20). The van der Waals surface area contributed by atoms with Crippen LogP contribution in [0.3, 0.4) is 0 Å². The molecule has 1 aromatic rings. The van der Waals surface area contributed by atoms with Gasteiger partial charge < -0.3 is 15.3 Å². The summed E-state index contributed by atoms with van der Waals surface area (Å²) in [6.07, 6.45) is 3.54. The lowest BCUT2D eigenvalue weighted by molar-refractivity contribution is -0.131. The molecule has 0 unspecified atom stereocenters. The summed E-state index contributed by atoms with van der Waals surface area (Å²) in [7, 11) is 1.84. The Labute approximate surface area is 118 Å². The fourth-order valence-electron chi connectivity index (χ4n) is 1.63. The summed E-state index contributed by atoms with van der Waals surface area (Å²) in [5, 5.41) is 11.4. The first-order chi connectivity index (χ1) is 9.52. The number of anilines is 1. The van der Waals surface area contributed by atoms with E-state index in [-0.39, 0.29) is 5.91 Å². The van der Waals surface area contributed by atoms with Gasteiger partial charge in [0.2, 0.25) is 5.91 Å². The van der Waals surface area contributed by atoms with E-state index in [4.69, 9.17) is 5.11 Å². The second-order valence-electron chi connectivity index (χ2n) is 4.47. The zero-order valence-corrected chi connectivity index (χ0v) is 11.8. The monoisotopic (exact) mass is 276 g/mol. The van der Waals surface area contributed by atoms with Gasteiger partial charge in [0, 0.05) is 25.4 Å². The van der Waals surface area contributed by atoms with Crippen molar-refractivity contribution in [3.05, 3.63) is 35.9 Å². The van der Waals surface area contributed by atoms with E-state index in [1.807, 2.05) is 43.1 Å². The maximum atomic E-state index is 11.6. The number of hydrogen-bond donors (Lipinski definition) is 2. The Morgan fingerprint density at radius 3 is 2.50 bits per heavy atom. The minimum Gasteiger partial charge on any atom is -0.478 e. The van der Waals surface area contributed by atoms with E-state index < -0.39 is 5.97 Å². The van der Waals surface area contributed by atoms with Gasteiger partial charge in [0.1, 0.15) is 0 Å². The van der Waals surface area contributed by atoms with E-state index >= 15 is 0 Å².